The molecule has 0 atom stereocenters. The minimum Gasteiger partial charge on any atom is -0.497 e. The first kappa shape index (κ1) is 23.2. The number of nitrogens with zero attached hydrogens (tertiary/aromatic N) is 1. The minimum atomic E-state index is -0.304. The van der Waals surface area contributed by atoms with Crippen LogP contribution in [0.4, 0.5) is 5.69 Å². The van der Waals surface area contributed by atoms with Crippen LogP contribution in [-0.4, -0.2) is 37.6 Å². The van der Waals surface area contributed by atoms with Gasteiger partial charge in [-0.05, 0) is 60.5 Å². The summed E-state index contributed by atoms with van der Waals surface area (Å²) in [6.45, 7) is 0.454. The Hall–Kier alpha value is -3.97. The van der Waals surface area contributed by atoms with E-state index in [2.05, 4.69) is 26.7 Å². The average molecular weight is 477 g/mol. The van der Waals surface area contributed by atoms with Gasteiger partial charge in [-0.3, -0.25) is 15.1 Å². The monoisotopic (exact) mass is 476 g/mol. The quantitative estimate of drug-likeness (QED) is 0.250. The van der Waals surface area contributed by atoms with Crippen LogP contribution in [0.1, 0.15) is 15.9 Å². The number of hydrogen-bond acceptors (Lipinski definition) is 4. The number of carbonyl (C=O) groups excluding carboxylic acids is 1. The summed E-state index contributed by atoms with van der Waals surface area (Å²) in [4.78, 5) is 20.8. The second-order valence-electron chi connectivity index (χ2n) is 7.49. The van der Waals surface area contributed by atoms with E-state index in [0.29, 0.717) is 46.7 Å². The van der Waals surface area contributed by atoms with Crippen LogP contribution in [0.2, 0.25) is 5.02 Å². The zero-order chi connectivity index (χ0) is 23.9. The average Bonchev–Trinajstić information content (AvgIpc) is 3.27. The fourth-order valence-corrected chi connectivity index (χ4v) is 3.74. The zero-order valence-corrected chi connectivity index (χ0v) is 19.6. The van der Waals surface area contributed by atoms with Gasteiger partial charge in [-0.1, -0.05) is 29.8 Å². The van der Waals surface area contributed by atoms with Gasteiger partial charge in [-0.15, -0.1) is 0 Å². The maximum absolute atomic E-state index is 12.9. The molecule has 0 aliphatic carbocycles. The highest BCUT2D eigenvalue weighted by Crippen LogP contribution is 2.27. The van der Waals surface area contributed by atoms with Crippen molar-refractivity contribution in [2.24, 2.45) is 4.99 Å². The van der Waals surface area contributed by atoms with E-state index < -0.39 is 0 Å². The normalized spacial score (nSPS) is 11.3. The molecule has 4 aromatic rings. The maximum atomic E-state index is 12.9. The predicted octanol–water partition coefficient (Wildman–Crippen LogP) is 5.28. The third-order valence-electron chi connectivity index (χ3n) is 5.32. The van der Waals surface area contributed by atoms with E-state index in [1.54, 1.807) is 56.7 Å². The van der Waals surface area contributed by atoms with Gasteiger partial charge in [0.05, 0.1) is 19.9 Å². The molecule has 174 valence electrons. The molecule has 1 aromatic heterocycles. The number of methoxy groups -OCH3 is 2. The van der Waals surface area contributed by atoms with Crippen molar-refractivity contribution < 1.29 is 14.3 Å². The summed E-state index contributed by atoms with van der Waals surface area (Å²) in [7, 11) is 3.15. The van der Waals surface area contributed by atoms with Crippen LogP contribution in [0, 0.1) is 0 Å². The van der Waals surface area contributed by atoms with Gasteiger partial charge in [0.15, 0.2) is 0 Å². The second kappa shape index (κ2) is 10.8. The number of para-hydroxylation sites is 1. The van der Waals surface area contributed by atoms with Crippen LogP contribution in [0.3, 0.4) is 0 Å². The van der Waals surface area contributed by atoms with Gasteiger partial charge >= 0.3 is 0 Å². The zero-order valence-electron chi connectivity index (χ0n) is 18.9. The number of hydrogen-bond donors (Lipinski definition) is 3. The van der Waals surface area contributed by atoms with E-state index >= 15 is 0 Å². The van der Waals surface area contributed by atoms with Crippen LogP contribution in [0.25, 0.3) is 10.9 Å². The first-order chi connectivity index (χ1) is 16.6. The minimum absolute atomic E-state index is 0.293. The van der Waals surface area contributed by atoms with Crippen LogP contribution in [0.5, 0.6) is 11.5 Å². The second-order valence-corrected chi connectivity index (χ2v) is 7.93. The molecule has 1 amide bonds. The highest BCUT2D eigenvalue weighted by molar-refractivity contribution is 6.31. The molecule has 0 aliphatic rings. The number of rotatable bonds is 7. The Balaban J connectivity index is 1.56. The number of carbonyl (C=O) groups is 1. The molecular weight excluding hydrogens is 452 g/mol. The molecule has 0 aliphatic heterocycles. The molecule has 0 saturated heterocycles. The van der Waals surface area contributed by atoms with Crippen molar-refractivity contribution in [3.63, 3.8) is 0 Å². The number of halogens is 1. The molecule has 0 bridgehead atoms. The summed E-state index contributed by atoms with van der Waals surface area (Å²) in [5, 5.41) is 7.70. The number of aromatic nitrogens is 1. The van der Waals surface area contributed by atoms with Gasteiger partial charge in [0.2, 0.25) is 5.96 Å². The molecule has 0 fully saturated rings. The molecule has 3 N–H and O–H groups in total. The van der Waals surface area contributed by atoms with E-state index in [9.17, 15) is 4.79 Å². The third-order valence-corrected chi connectivity index (χ3v) is 5.56. The van der Waals surface area contributed by atoms with Crippen molar-refractivity contribution in [3.8, 4) is 11.5 Å². The van der Waals surface area contributed by atoms with Crippen LogP contribution in [0.15, 0.2) is 77.9 Å². The lowest BCUT2D eigenvalue weighted by atomic mass is 10.1. The summed E-state index contributed by atoms with van der Waals surface area (Å²) in [6, 6.07) is 20.2. The van der Waals surface area contributed by atoms with Crippen molar-refractivity contribution in [1.82, 2.24) is 10.3 Å². The molecule has 0 saturated carbocycles. The molecule has 34 heavy (non-hydrogen) atoms. The van der Waals surface area contributed by atoms with E-state index in [-0.39, 0.29) is 5.91 Å². The Labute approximate surface area is 202 Å². The van der Waals surface area contributed by atoms with E-state index in [1.807, 2.05) is 24.4 Å². The smallest absolute Gasteiger partial charge is 0.257 e. The van der Waals surface area contributed by atoms with Crippen LogP contribution < -0.4 is 20.1 Å². The molecule has 7 nitrogen and oxygen atoms in total. The van der Waals surface area contributed by atoms with Crippen LogP contribution in [-0.2, 0) is 6.42 Å². The fraction of sp³-hybridized carbons (Fsp3) is 0.154. The van der Waals surface area contributed by atoms with Gasteiger partial charge in [0.1, 0.15) is 11.5 Å². The van der Waals surface area contributed by atoms with Crippen molar-refractivity contribution in [1.29, 1.82) is 0 Å². The van der Waals surface area contributed by atoms with Crippen molar-refractivity contribution in [2.45, 2.75) is 6.42 Å². The predicted molar refractivity (Wildman–Crippen MR) is 136 cm³/mol. The van der Waals surface area contributed by atoms with Gasteiger partial charge in [0, 0.05) is 34.2 Å². The summed E-state index contributed by atoms with van der Waals surface area (Å²) >= 11 is 6.18. The van der Waals surface area contributed by atoms with Crippen molar-refractivity contribution in [3.05, 3.63) is 89.1 Å². The van der Waals surface area contributed by atoms with E-state index in [0.717, 1.165) is 16.5 Å². The molecule has 0 spiro atoms. The topological polar surface area (TPSA) is 87.7 Å². The van der Waals surface area contributed by atoms with E-state index in [4.69, 9.17) is 21.1 Å². The lowest BCUT2D eigenvalue weighted by Gasteiger charge is -2.15. The van der Waals surface area contributed by atoms with Gasteiger partial charge in [-0.2, -0.15) is 0 Å². The molecule has 4 rings (SSSR count). The van der Waals surface area contributed by atoms with Gasteiger partial charge in [-0.25, -0.2) is 0 Å². The number of aromatic amines is 1. The highest BCUT2D eigenvalue weighted by Gasteiger charge is 2.13. The molecule has 0 unspecified atom stereocenters. The number of amides is 1. The molecule has 1 heterocycles. The number of aliphatic imine (C=N–C) groups is 1. The van der Waals surface area contributed by atoms with Crippen molar-refractivity contribution in [2.75, 3.05) is 26.1 Å². The number of nitrogens with one attached hydrogen (secondary N) is 3. The fourth-order valence-electron chi connectivity index (χ4n) is 3.56. The Morgan fingerprint density at radius 1 is 1.03 bits per heavy atom. The standard InChI is InChI=1S/C26H25ClN4O3/c1-33-20-10-7-17(8-11-20)25(32)31-26(30-23-15-19(27)9-12-24(23)34-2)28-14-13-18-16-29-22-6-4-3-5-21(18)22/h3-12,15-16,29H,13-14H2,1-2H3,(H2,28,30,31,32). The first-order valence-electron chi connectivity index (χ1n) is 10.7. The SMILES string of the molecule is COc1ccc(C(=O)NC(=NCCc2c[nH]c3ccccc23)Nc2cc(Cl)ccc2OC)cc1. The summed E-state index contributed by atoms with van der Waals surface area (Å²) in [6.07, 6.45) is 2.68. The lowest BCUT2D eigenvalue weighted by Crippen LogP contribution is -2.36. The van der Waals surface area contributed by atoms with Gasteiger partial charge in [0.25, 0.3) is 5.91 Å². The summed E-state index contributed by atoms with van der Waals surface area (Å²) < 4.78 is 10.6. The van der Waals surface area contributed by atoms with Crippen LogP contribution >= 0.6 is 11.6 Å². The summed E-state index contributed by atoms with van der Waals surface area (Å²) in [5.74, 6) is 1.24. The lowest BCUT2D eigenvalue weighted by molar-refractivity contribution is 0.0977. The number of fused-ring (bicyclic) bond motifs is 1. The number of guanidine groups is 1. The Morgan fingerprint density at radius 2 is 1.82 bits per heavy atom. The third kappa shape index (κ3) is 5.50. The number of H-pyrrole nitrogens is 1. The molecular formula is C26H25ClN4O3. The highest BCUT2D eigenvalue weighted by atomic mass is 35.5. The summed E-state index contributed by atoms with van der Waals surface area (Å²) in [5.41, 5.74) is 3.30. The molecule has 8 heteroatoms. The Morgan fingerprint density at radius 3 is 2.59 bits per heavy atom. The van der Waals surface area contributed by atoms with E-state index in [1.165, 1.54) is 0 Å². The van der Waals surface area contributed by atoms with Gasteiger partial charge < -0.3 is 19.8 Å². The largest absolute Gasteiger partial charge is 0.497 e. The molecule has 3 aromatic carbocycles. The number of ether oxygens (including phenoxy) is 2. The molecule has 0 radical (unpaired) electrons. The Kier molecular flexibility index (Phi) is 7.34. The first-order valence-corrected chi connectivity index (χ1v) is 11.1. The van der Waals surface area contributed by atoms with Crippen molar-refractivity contribution >= 4 is 40.1 Å². The Bertz CT molecular complexity index is 1320. The maximum Gasteiger partial charge on any atom is 0.257 e. The number of benzene rings is 3. The number of anilines is 1.